The van der Waals surface area contributed by atoms with Crippen molar-refractivity contribution in [1.29, 1.82) is 0 Å². The quantitative estimate of drug-likeness (QED) is 0.116. The molecule has 218 valence electrons. The van der Waals surface area contributed by atoms with Crippen molar-refractivity contribution in [3.05, 3.63) is 35.9 Å². The Hall–Kier alpha value is -3.71. The molecule has 0 aliphatic rings. The van der Waals surface area contributed by atoms with Gasteiger partial charge in [-0.1, -0.05) is 30.3 Å². The molecule has 4 amide bonds. The van der Waals surface area contributed by atoms with E-state index in [1.807, 2.05) is 18.2 Å². The fourth-order valence-corrected chi connectivity index (χ4v) is 3.66. The summed E-state index contributed by atoms with van der Waals surface area (Å²) in [6.45, 7) is 2.09. The van der Waals surface area contributed by atoms with Crippen LogP contribution in [0, 0.1) is 0 Å². The standard InChI is InChI=1S/C26H42N6O7/c1-18(33)30-20(11-5-7-14-27)23(34)31-21(24(35)32-22(25(36)37)12-6-8-15-28)13-16-29-26(38)39-17-19-9-3-2-4-10-19/h2-4,9-10,20-22H,5-8,11-17,27-28H2,1H3,(H,29,38)(H,30,33)(H,31,34)(H,32,35)(H,36,37)/t20-,21-,22-/m0/s1. The van der Waals surface area contributed by atoms with Gasteiger partial charge in [0.05, 0.1) is 0 Å². The highest BCUT2D eigenvalue weighted by Gasteiger charge is 2.29. The fourth-order valence-electron chi connectivity index (χ4n) is 3.66. The maximum Gasteiger partial charge on any atom is 0.407 e. The topological polar surface area (TPSA) is 215 Å². The van der Waals surface area contributed by atoms with Gasteiger partial charge in [0.15, 0.2) is 0 Å². The first-order chi connectivity index (χ1) is 18.7. The molecule has 0 fully saturated rings. The number of nitrogens with one attached hydrogen (secondary N) is 4. The second-order valence-electron chi connectivity index (χ2n) is 9.06. The molecule has 1 rings (SSSR count). The van der Waals surface area contributed by atoms with E-state index in [1.165, 1.54) is 6.92 Å². The Kier molecular flexibility index (Phi) is 16.6. The van der Waals surface area contributed by atoms with E-state index < -0.39 is 47.9 Å². The van der Waals surface area contributed by atoms with Gasteiger partial charge in [0.2, 0.25) is 17.7 Å². The Labute approximate surface area is 228 Å². The smallest absolute Gasteiger partial charge is 0.407 e. The summed E-state index contributed by atoms with van der Waals surface area (Å²) in [4.78, 5) is 61.5. The molecular formula is C26H42N6O7. The highest BCUT2D eigenvalue weighted by atomic mass is 16.5. The molecule has 0 unspecified atom stereocenters. The van der Waals surface area contributed by atoms with Crippen LogP contribution < -0.4 is 32.7 Å². The summed E-state index contributed by atoms with van der Waals surface area (Å²) in [6, 6.07) is 5.79. The molecule has 3 atom stereocenters. The summed E-state index contributed by atoms with van der Waals surface area (Å²) in [5.41, 5.74) is 11.8. The Bertz CT molecular complexity index is 915. The minimum atomic E-state index is -1.22. The Morgan fingerprint density at radius 3 is 1.87 bits per heavy atom. The molecule has 0 saturated heterocycles. The van der Waals surface area contributed by atoms with E-state index in [0.29, 0.717) is 45.2 Å². The zero-order chi connectivity index (χ0) is 29.0. The zero-order valence-electron chi connectivity index (χ0n) is 22.4. The van der Waals surface area contributed by atoms with Crippen LogP contribution in [0.25, 0.3) is 0 Å². The first-order valence-electron chi connectivity index (χ1n) is 13.1. The van der Waals surface area contributed by atoms with Crippen molar-refractivity contribution in [2.45, 2.75) is 76.6 Å². The van der Waals surface area contributed by atoms with Crippen LogP contribution in [0.4, 0.5) is 4.79 Å². The largest absolute Gasteiger partial charge is 0.480 e. The normalized spacial score (nSPS) is 12.9. The van der Waals surface area contributed by atoms with E-state index in [1.54, 1.807) is 12.1 Å². The maximum absolute atomic E-state index is 13.1. The van der Waals surface area contributed by atoms with Gasteiger partial charge in [0.25, 0.3) is 0 Å². The molecule has 0 aliphatic heterocycles. The number of benzene rings is 1. The predicted molar refractivity (Wildman–Crippen MR) is 144 cm³/mol. The minimum absolute atomic E-state index is 0.0467. The number of aliphatic carboxylic acids is 1. The van der Waals surface area contributed by atoms with Gasteiger partial charge in [-0.2, -0.15) is 0 Å². The number of alkyl carbamates (subject to hydrolysis) is 1. The average molecular weight is 551 g/mol. The number of carbonyl (C=O) groups is 5. The summed E-state index contributed by atoms with van der Waals surface area (Å²) in [7, 11) is 0. The van der Waals surface area contributed by atoms with Gasteiger partial charge in [0.1, 0.15) is 24.7 Å². The molecular weight excluding hydrogens is 508 g/mol. The molecule has 0 aliphatic carbocycles. The van der Waals surface area contributed by atoms with E-state index >= 15 is 0 Å². The average Bonchev–Trinajstić information content (AvgIpc) is 2.90. The van der Waals surface area contributed by atoms with Crippen LogP contribution in [0.3, 0.4) is 0 Å². The summed E-state index contributed by atoms with van der Waals surface area (Å²) < 4.78 is 5.16. The number of carbonyl (C=O) groups excluding carboxylic acids is 4. The second kappa shape index (κ2) is 19.4. The lowest BCUT2D eigenvalue weighted by Crippen LogP contribution is -2.56. The number of rotatable bonds is 19. The van der Waals surface area contributed by atoms with Crippen molar-refractivity contribution in [2.24, 2.45) is 11.5 Å². The SMILES string of the molecule is CC(=O)N[C@@H](CCCCN)C(=O)N[C@@H](CCNC(=O)OCc1ccccc1)C(=O)N[C@@H](CCCCN)C(=O)O. The molecule has 39 heavy (non-hydrogen) atoms. The molecule has 0 aromatic heterocycles. The van der Waals surface area contributed by atoms with E-state index in [4.69, 9.17) is 16.2 Å². The molecule has 0 saturated carbocycles. The Balaban J connectivity index is 2.86. The van der Waals surface area contributed by atoms with Crippen molar-refractivity contribution >= 4 is 29.8 Å². The highest BCUT2D eigenvalue weighted by molar-refractivity contribution is 5.93. The van der Waals surface area contributed by atoms with E-state index in [2.05, 4.69) is 21.3 Å². The number of carboxylic acids is 1. The molecule has 0 spiro atoms. The Morgan fingerprint density at radius 2 is 1.33 bits per heavy atom. The van der Waals surface area contributed by atoms with Crippen LogP contribution in [0.1, 0.15) is 57.4 Å². The molecule has 0 bridgehead atoms. The van der Waals surface area contributed by atoms with Crippen molar-refractivity contribution in [3.63, 3.8) is 0 Å². The van der Waals surface area contributed by atoms with Crippen LogP contribution in [0.2, 0.25) is 0 Å². The zero-order valence-corrected chi connectivity index (χ0v) is 22.4. The molecule has 1 aromatic rings. The van der Waals surface area contributed by atoms with Crippen molar-refractivity contribution in [1.82, 2.24) is 21.3 Å². The van der Waals surface area contributed by atoms with Crippen LogP contribution in [-0.4, -0.2) is 72.7 Å². The van der Waals surface area contributed by atoms with Crippen LogP contribution >= 0.6 is 0 Å². The van der Waals surface area contributed by atoms with E-state index in [-0.39, 0.29) is 26.0 Å². The summed E-state index contributed by atoms with van der Waals surface area (Å²) >= 11 is 0. The third kappa shape index (κ3) is 14.7. The molecule has 13 nitrogen and oxygen atoms in total. The van der Waals surface area contributed by atoms with Gasteiger partial charge in [-0.3, -0.25) is 14.4 Å². The number of hydrogen-bond acceptors (Lipinski definition) is 8. The minimum Gasteiger partial charge on any atom is -0.480 e. The third-order valence-corrected chi connectivity index (χ3v) is 5.75. The van der Waals surface area contributed by atoms with Gasteiger partial charge < -0.3 is 42.6 Å². The lowest BCUT2D eigenvalue weighted by atomic mass is 10.1. The number of hydrogen-bond donors (Lipinski definition) is 7. The van der Waals surface area contributed by atoms with Gasteiger partial charge in [-0.15, -0.1) is 0 Å². The molecule has 0 radical (unpaired) electrons. The maximum atomic E-state index is 13.1. The van der Waals surface area contributed by atoms with Gasteiger partial charge in [-0.25, -0.2) is 9.59 Å². The summed E-state index contributed by atoms with van der Waals surface area (Å²) in [5, 5.41) is 19.7. The van der Waals surface area contributed by atoms with Crippen LogP contribution in [0.15, 0.2) is 30.3 Å². The number of amides is 4. The number of nitrogens with two attached hydrogens (primary N) is 2. The molecule has 9 N–H and O–H groups in total. The molecule has 13 heteroatoms. The molecule has 0 heterocycles. The van der Waals surface area contributed by atoms with Crippen molar-refractivity contribution in [3.8, 4) is 0 Å². The van der Waals surface area contributed by atoms with Gasteiger partial charge >= 0.3 is 12.1 Å². The fraction of sp³-hybridized carbons (Fsp3) is 0.577. The summed E-state index contributed by atoms with van der Waals surface area (Å²) in [5.74, 6) is -2.97. The lowest BCUT2D eigenvalue weighted by molar-refractivity contribution is -0.142. The van der Waals surface area contributed by atoms with Crippen molar-refractivity contribution in [2.75, 3.05) is 19.6 Å². The predicted octanol–water partition coefficient (Wildman–Crippen LogP) is 0.120. The molecule has 1 aromatic carbocycles. The lowest BCUT2D eigenvalue weighted by Gasteiger charge is -2.24. The van der Waals surface area contributed by atoms with Gasteiger partial charge in [-0.05, 0) is 63.6 Å². The number of ether oxygens (including phenoxy) is 1. The van der Waals surface area contributed by atoms with E-state index in [0.717, 1.165) is 5.56 Å². The number of unbranched alkanes of at least 4 members (excludes halogenated alkanes) is 2. The first kappa shape index (κ1) is 33.3. The van der Waals surface area contributed by atoms with Crippen LogP contribution in [-0.2, 0) is 30.5 Å². The van der Waals surface area contributed by atoms with Gasteiger partial charge in [0, 0.05) is 13.5 Å². The monoisotopic (exact) mass is 550 g/mol. The summed E-state index contributed by atoms with van der Waals surface area (Å²) in [6.07, 6.45) is 2.00. The number of carboxylic acid groups (broad SMARTS) is 1. The first-order valence-corrected chi connectivity index (χ1v) is 13.1. The van der Waals surface area contributed by atoms with Crippen molar-refractivity contribution < 1.29 is 33.8 Å². The highest BCUT2D eigenvalue weighted by Crippen LogP contribution is 2.06. The van der Waals surface area contributed by atoms with Crippen LogP contribution in [0.5, 0.6) is 0 Å². The Morgan fingerprint density at radius 1 is 0.795 bits per heavy atom. The second-order valence-corrected chi connectivity index (χ2v) is 9.06. The third-order valence-electron chi connectivity index (χ3n) is 5.75. The van der Waals surface area contributed by atoms with E-state index in [9.17, 15) is 29.1 Å².